The molecular weight excluding hydrogens is 1020 g/mol. The Balaban J connectivity index is 4.43. The molecule has 0 saturated carbocycles. The lowest BCUT2D eigenvalue weighted by molar-refractivity contribution is -0.167. The van der Waals surface area contributed by atoms with Crippen LogP contribution in [0.2, 0.25) is 0 Å². The third kappa shape index (κ3) is 68.2. The highest BCUT2D eigenvalue weighted by Crippen LogP contribution is 2.15. The molecule has 0 aliphatic carbocycles. The normalized spacial score (nSPS) is 13.0. The average molecular weight is 1150 g/mol. The summed E-state index contributed by atoms with van der Waals surface area (Å²) in [4.78, 5) is 38.4. The zero-order chi connectivity index (χ0) is 59.9. The van der Waals surface area contributed by atoms with Crippen LogP contribution >= 0.6 is 0 Å². The Morgan fingerprint density at radius 2 is 0.470 bits per heavy atom. The molecule has 0 aromatic heterocycles. The molecule has 83 heavy (non-hydrogen) atoms. The number of allylic oxidation sites excluding steroid dienone is 22. The predicted octanol–water partition coefficient (Wildman–Crippen LogP) is 24.1. The van der Waals surface area contributed by atoms with Gasteiger partial charge in [0.2, 0.25) is 0 Å². The maximum absolute atomic E-state index is 13.0. The second kappa shape index (κ2) is 70.0. The van der Waals surface area contributed by atoms with Crippen LogP contribution in [-0.2, 0) is 28.6 Å². The topological polar surface area (TPSA) is 78.9 Å². The minimum atomic E-state index is -0.801. The van der Waals surface area contributed by atoms with Crippen LogP contribution in [0, 0.1) is 0 Å². The zero-order valence-corrected chi connectivity index (χ0v) is 54.2. The van der Waals surface area contributed by atoms with Gasteiger partial charge in [-0.3, -0.25) is 14.4 Å². The van der Waals surface area contributed by atoms with Crippen molar-refractivity contribution in [3.05, 3.63) is 134 Å². The highest BCUT2D eigenvalue weighted by molar-refractivity contribution is 5.71. The number of esters is 3. The predicted molar refractivity (Wildman–Crippen MR) is 362 cm³/mol. The van der Waals surface area contributed by atoms with E-state index >= 15 is 0 Å². The van der Waals surface area contributed by atoms with Crippen molar-refractivity contribution in [3.63, 3.8) is 0 Å². The molecule has 472 valence electrons. The van der Waals surface area contributed by atoms with E-state index in [2.05, 4.69) is 154 Å². The number of hydrogen-bond acceptors (Lipinski definition) is 6. The van der Waals surface area contributed by atoms with Gasteiger partial charge in [0.05, 0.1) is 0 Å². The van der Waals surface area contributed by atoms with Crippen molar-refractivity contribution < 1.29 is 28.6 Å². The third-order valence-electron chi connectivity index (χ3n) is 14.6. The number of carbonyl (C=O) groups is 3. The van der Waals surface area contributed by atoms with E-state index < -0.39 is 6.10 Å². The molecule has 0 aliphatic rings. The first kappa shape index (κ1) is 78.5. The van der Waals surface area contributed by atoms with Crippen molar-refractivity contribution in [1.82, 2.24) is 0 Å². The fraction of sp³-hybridized carbons (Fsp3) is 0.675. The molecule has 6 heteroatoms. The Morgan fingerprint density at radius 3 is 0.747 bits per heavy atom. The van der Waals surface area contributed by atoms with Crippen LogP contribution in [0.15, 0.2) is 134 Å². The summed E-state index contributed by atoms with van der Waals surface area (Å²) in [6.45, 7) is 6.50. The number of rotatable bonds is 62. The van der Waals surface area contributed by atoms with Gasteiger partial charge in [-0.2, -0.15) is 0 Å². The Hall–Kier alpha value is -4.45. The van der Waals surface area contributed by atoms with Crippen molar-refractivity contribution >= 4 is 17.9 Å². The van der Waals surface area contributed by atoms with E-state index in [9.17, 15) is 14.4 Å². The van der Waals surface area contributed by atoms with Gasteiger partial charge >= 0.3 is 17.9 Å². The molecule has 0 radical (unpaired) electrons. The smallest absolute Gasteiger partial charge is 0.306 e. The molecule has 0 bridgehead atoms. The standard InChI is InChI=1S/C77H128O6/c1-4-7-10-13-16-19-22-25-28-30-32-34-35-36-37-38-39-40-41-43-44-46-49-52-55-58-61-64-67-70-76(79)82-73-74(72-81-75(78)69-66-63-60-57-54-51-48-27-24-21-18-15-12-9-6-3)83-77(80)71-68-65-62-59-56-53-50-47-45-42-33-31-29-26-23-20-17-14-11-8-5-2/h7,10,16,19,23,25-28,31-34,36-37,39-40,43-44,48-49,52,74H,4-6,8-9,11-15,17-18,20-22,24,29-30,35,38,41-42,45-47,50-51,53-73H2,1-3H3/b10-7-,19-16-,26-23-,28-25-,33-31-,34-32-,37-36-,40-39-,44-43-,48-27-,52-49-. The minimum absolute atomic E-state index is 0.0946. The lowest BCUT2D eigenvalue weighted by Crippen LogP contribution is -2.30. The molecule has 0 saturated heterocycles. The highest BCUT2D eigenvalue weighted by Gasteiger charge is 2.19. The Labute approximate surface area is 513 Å². The first-order valence-electron chi connectivity index (χ1n) is 34.7. The molecule has 0 spiro atoms. The molecule has 0 amide bonds. The van der Waals surface area contributed by atoms with Gasteiger partial charge in [-0.05, 0) is 141 Å². The van der Waals surface area contributed by atoms with Crippen LogP contribution in [-0.4, -0.2) is 37.2 Å². The zero-order valence-electron chi connectivity index (χ0n) is 54.2. The molecule has 0 aromatic rings. The van der Waals surface area contributed by atoms with Crippen molar-refractivity contribution in [2.24, 2.45) is 0 Å². The van der Waals surface area contributed by atoms with E-state index in [0.29, 0.717) is 19.3 Å². The summed E-state index contributed by atoms with van der Waals surface area (Å²) in [6.07, 6.45) is 98.9. The molecule has 0 heterocycles. The van der Waals surface area contributed by atoms with Gasteiger partial charge in [0, 0.05) is 19.3 Å². The number of hydrogen-bond donors (Lipinski definition) is 0. The number of ether oxygens (including phenoxy) is 3. The van der Waals surface area contributed by atoms with Crippen molar-refractivity contribution in [2.45, 2.75) is 322 Å². The van der Waals surface area contributed by atoms with Gasteiger partial charge in [-0.1, -0.05) is 289 Å². The van der Waals surface area contributed by atoms with E-state index in [1.807, 2.05) is 0 Å². The molecule has 0 fully saturated rings. The quantitative estimate of drug-likeness (QED) is 0.0261. The summed E-state index contributed by atoms with van der Waals surface area (Å²) >= 11 is 0. The summed E-state index contributed by atoms with van der Waals surface area (Å²) in [7, 11) is 0. The van der Waals surface area contributed by atoms with E-state index in [1.165, 1.54) is 141 Å². The molecule has 0 aromatic carbocycles. The molecule has 0 aliphatic heterocycles. The van der Waals surface area contributed by atoms with E-state index in [1.54, 1.807) is 0 Å². The maximum Gasteiger partial charge on any atom is 0.306 e. The third-order valence-corrected chi connectivity index (χ3v) is 14.6. The maximum atomic E-state index is 13.0. The van der Waals surface area contributed by atoms with Gasteiger partial charge in [0.1, 0.15) is 13.2 Å². The Morgan fingerprint density at radius 1 is 0.253 bits per heavy atom. The first-order valence-corrected chi connectivity index (χ1v) is 34.7. The fourth-order valence-electron chi connectivity index (χ4n) is 9.43. The summed E-state index contributed by atoms with van der Waals surface area (Å²) in [5, 5.41) is 0. The van der Waals surface area contributed by atoms with Crippen LogP contribution < -0.4 is 0 Å². The van der Waals surface area contributed by atoms with Crippen LogP contribution in [0.25, 0.3) is 0 Å². The van der Waals surface area contributed by atoms with Crippen molar-refractivity contribution in [2.75, 3.05) is 13.2 Å². The lowest BCUT2D eigenvalue weighted by Gasteiger charge is -2.18. The molecule has 6 nitrogen and oxygen atoms in total. The average Bonchev–Trinajstić information content (AvgIpc) is 3.49. The van der Waals surface area contributed by atoms with Gasteiger partial charge < -0.3 is 14.2 Å². The SMILES string of the molecule is CC/C=C\C/C=C\C/C=C\C/C=C\C/C=C\C/C=C\C/C=C\C/C=C\CCCCCCC(=O)OCC(COC(=O)CCCCCCC/C=C\CCCCCCCC)OC(=O)CCCCCCCCCCC/C=C\C/C=C\CCCCCCC. The van der Waals surface area contributed by atoms with Crippen LogP contribution in [0.3, 0.4) is 0 Å². The monoisotopic (exact) mass is 1150 g/mol. The Bertz CT molecular complexity index is 1750. The molecule has 0 N–H and O–H groups in total. The molecular formula is C77H128O6. The molecule has 1 atom stereocenters. The van der Waals surface area contributed by atoms with E-state index in [-0.39, 0.29) is 31.1 Å². The van der Waals surface area contributed by atoms with E-state index in [0.717, 1.165) is 135 Å². The largest absolute Gasteiger partial charge is 0.462 e. The van der Waals surface area contributed by atoms with Crippen molar-refractivity contribution in [1.29, 1.82) is 0 Å². The summed E-state index contributed by atoms with van der Waals surface area (Å²) in [5.41, 5.74) is 0. The molecule has 1 unspecified atom stereocenters. The summed E-state index contributed by atoms with van der Waals surface area (Å²) < 4.78 is 16.9. The second-order valence-electron chi connectivity index (χ2n) is 22.7. The van der Waals surface area contributed by atoms with Crippen LogP contribution in [0.5, 0.6) is 0 Å². The first-order chi connectivity index (χ1) is 41.0. The number of unbranched alkanes of at least 4 members (excludes halogenated alkanes) is 29. The van der Waals surface area contributed by atoms with Gasteiger partial charge in [0.25, 0.3) is 0 Å². The lowest BCUT2D eigenvalue weighted by atomic mass is 10.1. The van der Waals surface area contributed by atoms with E-state index in [4.69, 9.17) is 14.2 Å². The van der Waals surface area contributed by atoms with Gasteiger partial charge in [-0.15, -0.1) is 0 Å². The number of carbonyl (C=O) groups excluding carboxylic acids is 3. The molecule has 0 rings (SSSR count). The highest BCUT2D eigenvalue weighted by atomic mass is 16.6. The summed E-state index contributed by atoms with van der Waals surface area (Å²) in [5.74, 6) is -0.926. The van der Waals surface area contributed by atoms with Crippen LogP contribution in [0.4, 0.5) is 0 Å². The fourth-order valence-corrected chi connectivity index (χ4v) is 9.43. The van der Waals surface area contributed by atoms with Crippen molar-refractivity contribution in [3.8, 4) is 0 Å². The second-order valence-corrected chi connectivity index (χ2v) is 22.7. The Kier molecular flexibility index (Phi) is 66.3. The van der Waals surface area contributed by atoms with Gasteiger partial charge in [0.15, 0.2) is 6.10 Å². The van der Waals surface area contributed by atoms with Gasteiger partial charge in [-0.25, -0.2) is 0 Å². The minimum Gasteiger partial charge on any atom is -0.462 e. The summed E-state index contributed by atoms with van der Waals surface area (Å²) in [6, 6.07) is 0. The van der Waals surface area contributed by atoms with Crippen LogP contribution in [0.1, 0.15) is 316 Å².